The molecule has 0 saturated carbocycles. The summed E-state index contributed by atoms with van der Waals surface area (Å²) in [5, 5.41) is 0. The largest absolute Gasteiger partial charge is 0.388 e. The summed E-state index contributed by atoms with van der Waals surface area (Å²) in [6.45, 7) is 3.34. The van der Waals surface area contributed by atoms with E-state index in [-0.39, 0.29) is 0 Å². The third-order valence-corrected chi connectivity index (χ3v) is 3.54. The van der Waals surface area contributed by atoms with Gasteiger partial charge in [-0.25, -0.2) is 4.98 Å². The molecule has 1 unspecified atom stereocenters. The van der Waals surface area contributed by atoms with Crippen LogP contribution in [-0.2, 0) is 0 Å². The van der Waals surface area contributed by atoms with Crippen molar-refractivity contribution >= 4 is 23.0 Å². The van der Waals surface area contributed by atoms with E-state index in [1.807, 2.05) is 18.2 Å². The monoisotopic (exact) mass is 249 g/mol. The Morgan fingerprint density at radius 2 is 2.24 bits per heavy atom. The second kappa shape index (κ2) is 5.45. The SMILES string of the molecule is CC1CCCCCN1c1cccc(C(N)=S)n1. The fraction of sp³-hybridized carbons (Fsp3) is 0.538. The summed E-state index contributed by atoms with van der Waals surface area (Å²) in [7, 11) is 0. The first-order valence-corrected chi connectivity index (χ1v) is 6.63. The molecule has 0 amide bonds. The van der Waals surface area contributed by atoms with Crippen molar-refractivity contribution in [1.82, 2.24) is 4.98 Å². The van der Waals surface area contributed by atoms with Gasteiger partial charge in [-0.15, -0.1) is 0 Å². The van der Waals surface area contributed by atoms with Gasteiger partial charge in [0.15, 0.2) is 0 Å². The summed E-state index contributed by atoms with van der Waals surface area (Å²) in [5.41, 5.74) is 6.34. The smallest absolute Gasteiger partial charge is 0.129 e. The summed E-state index contributed by atoms with van der Waals surface area (Å²) in [5.74, 6) is 1.00. The average Bonchev–Trinajstić information content (AvgIpc) is 2.54. The maximum Gasteiger partial charge on any atom is 0.129 e. The average molecular weight is 249 g/mol. The van der Waals surface area contributed by atoms with Crippen LogP contribution in [0.1, 0.15) is 38.3 Å². The highest BCUT2D eigenvalue weighted by Crippen LogP contribution is 2.22. The predicted octanol–water partition coefficient (Wildman–Crippen LogP) is 2.48. The Morgan fingerprint density at radius 3 is 3.00 bits per heavy atom. The van der Waals surface area contributed by atoms with E-state index in [1.165, 1.54) is 25.7 Å². The normalized spacial score (nSPS) is 21.0. The number of nitrogens with zero attached hydrogens (tertiary/aromatic N) is 2. The molecule has 1 fully saturated rings. The Bertz CT molecular complexity index is 405. The highest BCUT2D eigenvalue weighted by molar-refractivity contribution is 7.80. The minimum absolute atomic E-state index is 0.370. The quantitative estimate of drug-likeness (QED) is 0.818. The molecule has 0 radical (unpaired) electrons. The van der Waals surface area contributed by atoms with Crippen LogP contribution >= 0.6 is 12.2 Å². The van der Waals surface area contributed by atoms with Crippen molar-refractivity contribution in [2.45, 2.75) is 38.6 Å². The van der Waals surface area contributed by atoms with Gasteiger partial charge in [0.25, 0.3) is 0 Å². The summed E-state index contributed by atoms with van der Waals surface area (Å²) in [6.07, 6.45) is 5.10. The second-order valence-electron chi connectivity index (χ2n) is 4.64. The lowest BCUT2D eigenvalue weighted by atomic mass is 10.1. The molecule has 1 aromatic rings. The van der Waals surface area contributed by atoms with Gasteiger partial charge in [0.05, 0.1) is 5.69 Å². The standard InChI is InChI=1S/C13H19N3S/c1-10-6-3-2-4-9-16(10)12-8-5-7-11(15-12)13(14)17/h5,7-8,10H,2-4,6,9H2,1H3,(H2,14,17). The highest BCUT2D eigenvalue weighted by atomic mass is 32.1. The third-order valence-electron chi connectivity index (χ3n) is 3.33. The van der Waals surface area contributed by atoms with Gasteiger partial charge >= 0.3 is 0 Å². The van der Waals surface area contributed by atoms with Crippen molar-refractivity contribution in [3.63, 3.8) is 0 Å². The molecule has 17 heavy (non-hydrogen) atoms. The van der Waals surface area contributed by atoms with Crippen molar-refractivity contribution in [2.75, 3.05) is 11.4 Å². The molecule has 1 atom stereocenters. The molecular weight excluding hydrogens is 230 g/mol. The Hall–Kier alpha value is -1.16. The number of pyridine rings is 1. The van der Waals surface area contributed by atoms with Crippen molar-refractivity contribution in [3.05, 3.63) is 23.9 Å². The van der Waals surface area contributed by atoms with Gasteiger partial charge in [-0.3, -0.25) is 0 Å². The van der Waals surface area contributed by atoms with Gasteiger partial charge in [-0.05, 0) is 31.9 Å². The molecule has 92 valence electrons. The first kappa shape index (κ1) is 12.3. The topological polar surface area (TPSA) is 42.1 Å². The molecule has 2 heterocycles. The van der Waals surface area contributed by atoms with Crippen LogP contribution in [0.4, 0.5) is 5.82 Å². The first-order valence-electron chi connectivity index (χ1n) is 6.22. The van der Waals surface area contributed by atoms with Gasteiger partial charge in [0.1, 0.15) is 10.8 Å². The minimum atomic E-state index is 0.370. The van der Waals surface area contributed by atoms with E-state index >= 15 is 0 Å². The van der Waals surface area contributed by atoms with E-state index in [9.17, 15) is 0 Å². The zero-order valence-corrected chi connectivity index (χ0v) is 11.0. The molecule has 1 aromatic heterocycles. The van der Waals surface area contributed by atoms with Gasteiger partial charge in [0, 0.05) is 12.6 Å². The summed E-state index contributed by atoms with van der Waals surface area (Å²) < 4.78 is 0. The summed E-state index contributed by atoms with van der Waals surface area (Å²) >= 11 is 4.98. The molecule has 0 aromatic carbocycles. The van der Waals surface area contributed by atoms with Gasteiger partial charge in [-0.1, -0.05) is 31.1 Å². The number of anilines is 1. The van der Waals surface area contributed by atoms with Gasteiger partial charge < -0.3 is 10.6 Å². The van der Waals surface area contributed by atoms with Crippen molar-refractivity contribution < 1.29 is 0 Å². The van der Waals surface area contributed by atoms with Crippen molar-refractivity contribution in [3.8, 4) is 0 Å². The fourth-order valence-electron chi connectivity index (χ4n) is 2.34. The van der Waals surface area contributed by atoms with Gasteiger partial charge in [0.2, 0.25) is 0 Å². The molecular formula is C13H19N3S. The zero-order valence-electron chi connectivity index (χ0n) is 10.2. The lowest BCUT2D eigenvalue weighted by Gasteiger charge is -2.28. The van der Waals surface area contributed by atoms with E-state index < -0.39 is 0 Å². The van der Waals surface area contributed by atoms with Gasteiger partial charge in [-0.2, -0.15) is 0 Å². The van der Waals surface area contributed by atoms with E-state index in [2.05, 4.69) is 16.8 Å². The molecule has 1 aliphatic heterocycles. The fourth-order valence-corrected chi connectivity index (χ4v) is 2.45. The Balaban J connectivity index is 2.25. The molecule has 0 spiro atoms. The van der Waals surface area contributed by atoms with E-state index in [0.717, 1.165) is 12.4 Å². The number of thiocarbonyl (C=S) groups is 1. The second-order valence-corrected chi connectivity index (χ2v) is 5.08. The molecule has 2 N–H and O–H groups in total. The molecule has 2 rings (SSSR count). The molecule has 0 aliphatic carbocycles. The Kier molecular flexibility index (Phi) is 3.94. The molecule has 3 nitrogen and oxygen atoms in total. The van der Waals surface area contributed by atoms with Crippen molar-refractivity contribution in [1.29, 1.82) is 0 Å². The summed E-state index contributed by atoms with van der Waals surface area (Å²) in [4.78, 5) is 7.29. The number of rotatable bonds is 2. The lowest BCUT2D eigenvalue weighted by Crippen LogP contribution is -2.33. The van der Waals surface area contributed by atoms with E-state index in [0.29, 0.717) is 16.7 Å². The van der Waals surface area contributed by atoms with Crippen molar-refractivity contribution in [2.24, 2.45) is 5.73 Å². The van der Waals surface area contributed by atoms with Crippen LogP contribution in [0.5, 0.6) is 0 Å². The molecule has 1 aliphatic rings. The lowest BCUT2D eigenvalue weighted by molar-refractivity contribution is 0.611. The first-order chi connectivity index (χ1) is 8.18. The van der Waals surface area contributed by atoms with Crippen LogP contribution in [0.15, 0.2) is 18.2 Å². The van der Waals surface area contributed by atoms with Crippen LogP contribution in [0, 0.1) is 0 Å². The van der Waals surface area contributed by atoms with Crippen LogP contribution in [0.3, 0.4) is 0 Å². The highest BCUT2D eigenvalue weighted by Gasteiger charge is 2.18. The maximum absolute atomic E-state index is 5.63. The minimum Gasteiger partial charge on any atom is -0.388 e. The Labute approximate surface area is 108 Å². The number of aromatic nitrogens is 1. The maximum atomic E-state index is 5.63. The summed E-state index contributed by atoms with van der Waals surface area (Å²) in [6, 6.07) is 6.44. The van der Waals surface area contributed by atoms with Crippen LogP contribution in [0.25, 0.3) is 0 Å². The van der Waals surface area contributed by atoms with E-state index in [1.54, 1.807) is 0 Å². The third kappa shape index (κ3) is 2.94. The molecule has 0 bridgehead atoms. The number of hydrogen-bond acceptors (Lipinski definition) is 3. The molecule has 4 heteroatoms. The van der Waals surface area contributed by atoms with Crippen LogP contribution in [0.2, 0.25) is 0 Å². The Morgan fingerprint density at radius 1 is 1.41 bits per heavy atom. The predicted molar refractivity (Wildman–Crippen MR) is 75.4 cm³/mol. The van der Waals surface area contributed by atoms with Crippen LogP contribution in [-0.4, -0.2) is 22.6 Å². The number of hydrogen-bond donors (Lipinski definition) is 1. The van der Waals surface area contributed by atoms with Crippen LogP contribution < -0.4 is 10.6 Å². The van der Waals surface area contributed by atoms with E-state index in [4.69, 9.17) is 18.0 Å². The molecule has 1 saturated heterocycles. The number of nitrogens with two attached hydrogens (primary N) is 1. The zero-order chi connectivity index (χ0) is 12.3.